The molecule has 8 heteroatoms. The molecule has 0 aliphatic heterocycles. The van der Waals surface area contributed by atoms with Gasteiger partial charge in [0.1, 0.15) is 12.6 Å². The molecule has 166 valence electrons. The third-order valence-electron chi connectivity index (χ3n) is 4.16. The Bertz CT molecular complexity index is 742. The minimum atomic E-state index is -0.786. The highest BCUT2D eigenvalue weighted by Gasteiger charge is 2.28. The zero-order valence-corrected chi connectivity index (χ0v) is 18.5. The van der Waals surface area contributed by atoms with Gasteiger partial charge in [-0.15, -0.1) is 6.42 Å². The Labute approximate surface area is 178 Å². The average Bonchev–Trinajstić information content (AvgIpc) is 2.69. The van der Waals surface area contributed by atoms with Crippen molar-refractivity contribution in [1.29, 1.82) is 0 Å². The van der Waals surface area contributed by atoms with Crippen LogP contribution in [-0.2, 0) is 14.3 Å². The van der Waals surface area contributed by atoms with Gasteiger partial charge in [0.05, 0.1) is 33.0 Å². The molecule has 2 amide bonds. The Balaban J connectivity index is 3.06. The Kier molecular flexibility index (Phi) is 10.6. The maximum absolute atomic E-state index is 13.0. The SMILES string of the molecule is C#CCOCC(NC(=O)C(NC(=O)OC(C)C)C(C)C)c1ccc(OC)c(OC)c1. The number of carbonyl (C=O) groups excluding carboxylic acids is 2. The van der Waals surface area contributed by atoms with E-state index in [0.29, 0.717) is 11.5 Å². The predicted molar refractivity (Wildman–Crippen MR) is 113 cm³/mol. The summed E-state index contributed by atoms with van der Waals surface area (Å²) in [6.45, 7) is 7.39. The molecule has 2 unspecified atom stereocenters. The maximum Gasteiger partial charge on any atom is 0.408 e. The van der Waals surface area contributed by atoms with E-state index in [0.717, 1.165) is 5.56 Å². The van der Waals surface area contributed by atoms with E-state index in [9.17, 15) is 9.59 Å². The van der Waals surface area contributed by atoms with Gasteiger partial charge in [-0.05, 0) is 37.5 Å². The van der Waals surface area contributed by atoms with Crippen LogP contribution in [0.4, 0.5) is 4.79 Å². The number of ether oxygens (including phenoxy) is 4. The molecule has 2 N–H and O–H groups in total. The third kappa shape index (κ3) is 7.84. The third-order valence-corrected chi connectivity index (χ3v) is 4.16. The Hall–Kier alpha value is -2.92. The standard InChI is InChI=1S/C22H32N2O6/c1-8-11-29-13-17(16-9-10-18(27-6)19(12-16)28-7)23-21(25)20(14(2)3)24-22(26)30-15(4)5/h1,9-10,12,14-15,17,20H,11,13H2,2-7H3,(H,23,25)(H,24,26). The van der Waals surface area contributed by atoms with Crippen molar-refractivity contribution in [2.75, 3.05) is 27.4 Å². The number of terminal acetylenes is 1. The molecule has 2 atom stereocenters. The zero-order chi connectivity index (χ0) is 22.7. The lowest BCUT2D eigenvalue weighted by molar-refractivity contribution is -0.125. The summed E-state index contributed by atoms with van der Waals surface area (Å²) in [6.07, 6.45) is 4.32. The van der Waals surface area contributed by atoms with Gasteiger partial charge in [0.25, 0.3) is 0 Å². The van der Waals surface area contributed by atoms with E-state index in [1.807, 2.05) is 13.8 Å². The zero-order valence-electron chi connectivity index (χ0n) is 18.5. The lowest BCUT2D eigenvalue weighted by atomic mass is 10.0. The quantitative estimate of drug-likeness (QED) is 0.422. The van der Waals surface area contributed by atoms with Crippen LogP contribution in [-0.4, -0.2) is 51.6 Å². The van der Waals surface area contributed by atoms with E-state index < -0.39 is 18.2 Å². The minimum Gasteiger partial charge on any atom is -0.493 e. The number of hydrogen-bond donors (Lipinski definition) is 2. The summed E-state index contributed by atoms with van der Waals surface area (Å²) >= 11 is 0. The summed E-state index contributed by atoms with van der Waals surface area (Å²) in [5.41, 5.74) is 0.741. The van der Waals surface area contributed by atoms with Crippen LogP contribution in [0.3, 0.4) is 0 Å². The Morgan fingerprint density at radius 1 is 1.07 bits per heavy atom. The Morgan fingerprint density at radius 2 is 1.73 bits per heavy atom. The number of methoxy groups -OCH3 is 2. The van der Waals surface area contributed by atoms with Crippen molar-refractivity contribution in [3.05, 3.63) is 23.8 Å². The van der Waals surface area contributed by atoms with Crippen LogP contribution >= 0.6 is 0 Å². The van der Waals surface area contributed by atoms with Gasteiger partial charge in [-0.2, -0.15) is 0 Å². The van der Waals surface area contributed by atoms with E-state index in [1.54, 1.807) is 39.2 Å². The molecule has 0 aromatic heterocycles. The first-order chi connectivity index (χ1) is 14.2. The van der Waals surface area contributed by atoms with Crippen molar-refractivity contribution < 1.29 is 28.5 Å². The van der Waals surface area contributed by atoms with E-state index in [1.165, 1.54) is 7.11 Å². The second-order valence-electron chi connectivity index (χ2n) is 7.21. The van der Waals surface area contributed by atoms with Gasteiger partial charge in [-0.3, -0.25) is 4.79 Å². The van der Waals surface area contributed by atoms with Crippen LogP contribution in [0, 0.1) is 18.3 Å². The van der Waals surface area contributed by atoms with Crippen LogP contribution in [0.15, 0.2) is 18.2 Å². The van der Waals surface area contributed by atoms with E-state index in [-0.39, 0.29) is 31.1 Å². The van der Waals surface area contributed by atoms with Crippen LogP contribution in [0.25, 0.3) is 0 Å². The second kappa shape index (κ2) is 12.6. The minimum absolute atomic E-state index is 0.103. The Morgan fingerprint density at radius 3 is 2.27 bits per heavy atom. The molecule has 0 saturated heterocycles. The van der Waals surface area contributed by atoms with Crippen molar-refractivity contribution in [1.82, 2.24) is 10.6 Å². The fourth-order valence-corrected chi connectivity index (χ4v) is 2.70. The summed E-state index contributed by atoms with van der Waals surface area (Å²) in [6, 6.07) is 4.00. The van der Waals surface area contributed by atoms with Crippen molar-refractivity contribution in [2.45, 2.75) is 45.9 Å². The fourth-order valence-electron chi connectivity index (χ4n) is 2.70. The molecule has 0 fully saturated rings. The van der Waals surface area contributed by atoms with E-state index in [2.05, 4.69) is 16.6 Å². The molecule has 1 aromatic carbocycles. The fraction of sp³-hybridized carbons (Fsp3) is 0.545. The van der Waals surface area contributed by atoms with Gasteiger partial charge in [0.15, 0.2) is 11.5 Å². The summed E-state index contributed by atoms with van der Waals surface area (Å²) in [7, 11) is 3.07. The molecule has 0 spiro atoms. The molecule has 0 heterocycles. The topological polar surface area (TPSA) is 95.1 Å². The lowest BCUT2D eigenvalue weighted by Crippen LogP contribution is -2.51. The lowest BCUT2D eigenvalue weighted by Gasteiger charge is -2.26. The van der Waals surface area contributed by atoms with Crippen LogP contribution in [0.2, 0.25) is 0 Å². The highest BCUT2D eigenvalue weighted by molar-refractivity contribution is 5.86. The molecule has 0 saturated carbocycles. The van der Waals surface area contributed by atoms with Crippen molar-refractivity contribution in [3.63, 3.8) is 0 Å². The molecule has 1 aromatic rings. The first kappa shape index (κ1) is 25.1. The number of amides is 2. The van der Waals surface area contributed by atoms with E-state index >= 15 is 0 Å². The monoisotopic (exact) mass is 420 g/mol. The molecule has 8 nitrogen and oxygen atoms in total. The molecule has 0 aliphatic carbocycles. The number of hydrogen-bond acceptors (Lipinski definition) is 6. The number of carbonyl (C=O) groups is 2. The molecule has 0 aliphatic rings. The normalized spacial score (nSPS) is 12.6. The highest BCUT2D eigenvalue weighted by Crippen LogP contribution is 2.30. The molecule has 0 radical (unpaired) electrons. The smallest absolute Gasteiger partial charge is 0.408 e. The van der Waals surface area contributed by atoms with Gasteiger partial charge in [-0.25, -0.2) is 4.79 Å². The number of rotatable bonds is 11. The van der Waals surface area contributed by atoms with Crippen molar-refractivity contribution >= 4 is 12.0 Å². The number of benzene rings is 1. The summed E-state index contributed by atoms with van der Waals surface area (Å²) in [5, 5.41) is 5.54. The molecule has 1 rings (SSSR count). The summed E-state index contributed by atoms with van der Waals surface area (Å²) in [5.74, 6) is 2.95. The predicted octanol–water partition coefficient (Wildman–Crippen LogP) is 2.67. The second-order valence-corrected chi connectivity index (χ2v) is 7.21. The average molecular weight is 421 g/mol. The first-order valence-corrected chi connectivity index (χ1v) is 9.74. The number of alkyl carbamates (subject to hydrolysis) is 1. The number of nitrogens with one attached hydrogen (secondary N) is 2. The van der Waals surface area contributed by atoms with Gasteiger partial charge in [0, 0.05) is 0 Å². The first-order valence-electron chi connectivity index (χ1n) is 9.74. The van der Waals surface area contributed by atoms with Gasteiger partial charge < -0.3 is 29.6 Å². The van der Waals surface area contributed by atoms with Gasteiger partial charge in [0.2, 0.25) is 5.91 Å². The van der Waals surface area contributed by atoms with Gasteiger partial charge in [-0.1, -0.05) is 25.8 Å². The largest absolute Gasteiger partial charge is 0.493 e. The van der Waals surface area contributed by atoms with Crippen molar-refractivity contribution in [2.24, 2.45) is 5.92 Å². The van der Waals surface area contributed by atoms with Gasteiger partial charge >= 0.3 is 6.09 Å². The van der Waals surface area contributed by atoms with E-state index in [4.69, 9.17) is 25.4 Å². The van der Waals surface area contributed by atoms with Crippen LogP contribution < -0.4 is 20.1 Å². The van der Waals surface area contributed by atoms with Crippen LogP contribution in [0.1, 0.15) is 39.3 Å². The molecule has 0 bridgehead atoms. The molecule has 30 heavy (non-hydrogen) atoms. The molecular weight excluding hydrogens is 388 g/mol. The highest BCUT2D eigenvalue weighted by atomic mass is 16.6. The summed E-state index contributed by atoms with van der Waals surface area (Å²) < 4.78 is 21.2. The van der Waals surface area contributed by atoms with Crippen molar-refractivity contribution in [3.8, 4) is 23.8 Å². The molecular formula is C22H32N2O6. The maximum atomic E-state index is 13.0. The van der Waals surface area contributed by atoms with Crippen LogP contribution in [0.5, 0.6) is 11.5 Å². The summed E-state index contributed by atoms with van der Waals surface area (Å²) in [4.78, 5) is 25.0.